The van der Waals surface area contributed by atoms with Gasteiger partial charge < -0.3 is 9.47 Å². The predicted molar refractivity (Wildman–Crippen MR) is 51.3 cm³/mol. The number of aryl methyl sites for hydroxylation is 1. The molecule has 1 aromatic rings. The van der Waals surface area contributed by atoms with E-state index in [0.717, 1.165) is 5.69 Å². The average Bonchev–Trinajstić information content (AvgIpc) is 2.16. The molecule has 1 fully saturated rings. The van der Waals surface area contributed by atoms with Gasteiger partial charge in [-0.1, -0.05) is 0 Å². The Hall–Kier alpha value is -1.49. The minimum absolute atomic E-state index is 0.295. The molecule has 0 saturated carbocycles. The average molecular weight is 208 g/mol. The zero-order chi connectivity index (χ0) is 10.9. The number of aromatic nitrogens is 2. The summed E-state index contributed by atoms with van der Waals surface area (Å²) in [6.45, 7) is 2.45. The van der Waals surface area contributed by atoms with Gasteiger partial charge in [0.15, 0.2) is 11.2 Å². The van der Waals surface area contributed by atoms with Crippen molar-refractivity contribution in [2.75, 3.05) is 20.3 Å². The smallest absolute Gasteiger partial charge is 0.324 e. The highest BCUT2D eigenvalue weighted by molar-refractivity contribution is 5.83. The zero-order valence-corrected chi connectivity index (χ0v) is 8.69. The van der Waals surface area contributed by atoms with Crippen molar-refractivity contribution in [2.45, 2.75) is 12.3 Å². The molecular formula is C10H12N2O3. The Morgan fingerprint density at radius 1 is 1.60 bits per heavy atom. The first-order valence-electron chi connectivity index (χ1n) is 4.65. The molecule has 0 aliphatic carbocycles. The van der Waals surface area contributed by atoms with Crippen molar-refractivity contribution in [3.8, 4) is 0 Å². The lowest BCUT2D eigenvalue weighted by Gasteiger charge is -2.36. The maximum atomic E-state index is 11.6. The Kier molecular flexibility index (Phi) is 2.40. The molecule has 1 aliphatic heterocycles. The number of hydrogen-bond acceptors (Lipinski definition) is 5. The summed E-state index contributed by atoms with van der Waals surface area (Å²) in [6, 6.07) is 1.79. The van der Waals surface area contributed by atoms with Gasteiger partial charge in [0.1, 0.15) is 0 Å². The molecule has 1 aliphatic rings. The molecule has 5 nitrogen and oxygen atoms in total. The van der Waals surface area contributed by atoms with Gasteiger partial charge in [0.05, 0.1) is 20.3 Å². The van der Waals surface area contributed by atoms with Crippen molar-refractivity contribution >= 4 is 5.97 Å². The van der Waals surface area contributed by atoms with Crippen LogP contribution in [0.4, 0.5) is 0 Å². The summed E-state index contributed by atoms with van der Waals surface area (Å²) in [5.74, 6) is 0.153. The summed E-state index contributed by atoms with van der Waals surface area (Å²) < 4.78 is 9.83. The van der Waals surface area contributed by atoms with E-state index in [2.05, 4.69) is 9.97 Å². The fraction of sp³-hybridized carbons (Fsp3) is 0.500. The van der Waals surface area contributed by atoms with Crippen LogP contribution in [-0.2, 0) is 19.7 Å². The lowest BCUT2D eigenvalue weighted by Crippen LogP contribution is -2.54. The van der Waals surface area contributed by atoms with E-state index in [1.54, 1.807) is 12.3 Å². The standard InChI is InChI=1S/C10H12N2O3/c1-7-3-4-11-8(12-7)10(5-15-6-10)9(13)14-2/h3-4H,5-6H2,1-2H3. The van der Waals surface area contributed by atoms with Crippen LogP contribution in [0.15, 0.2) is 12.3 Å². The van der Waals surface area contributed by atoms with Crippen LogP contribution in [0.2, 0.25) is 0 Å². The number of nitrogens with zero attached hydrogens (tertiary/aromatic N) is 2. The van der Waals surface area contributed by atoms with Crippen LogP contribution in [0.3, 0.4) is 0 Å². The van der Waals surface area contributed by atoms with E-state index in [4.69, 9.17) is 9.47 Å². The number of carbonyl (C=O) groups excluding carboxylic acids is 1. The molecule has 0 aromatic carbocycles. The third-order valence-electron chi connectivity index (χ3n) is 2.50. The second kappa shape index (κ2) is 3.58. The van der Waals surface area contributed by atoms with Gasteiger partial charge in [0.2, 0.25) is 0 Å². The van der Waals surface area contributed by atoms with Crippen molar-refractivity contribution in [1.82, 2.24) is 9.97 Å². The maximum absolute atomic E-state index is 11.6. The van der Waals surface area contributed by atoms with Gasteiger partial charge in [-0.15, -0.1) is 0 Å². The Bertz CT molecular complexity index is 388. The van der Waals surface area contributed by atoms with Crippen LogP contribution < -0.4 is 0 Å². The molecule has 2 rings (SSSR count). The highest BCUT2D eigenvalue weighted by atomic mass is 16.5. The van der Waals surface area contributed by atoms with Crippen LogP contribution in [0.25, 0.3) is 0 Å². The number of methoxy groups -OCH3 is 1. The van der Waals surface area contributed by atoms with E-state index < -0.39 is 5.41 Å². The Labute approximate surface area is 87.4 Å². The lowest BCUT2D eigenvalue weighted by atomic mass is 9.85. The number of ether oxygens (including phenoxy) is 2. The van der Waals surface area contributed by atoms with Gasteiger partial charge in [-0.2, -0.15) is 0 Å². The van der Waals surface area contributed by atoms with Crippen LogP contribution in [-0.4, -0.2) is 36.3 Å². The Balaban J connectivity index is 2.38. The van der Waals surface area contributed by atoms with Crippen LogP contribution in [0, 0.1) is 6.92 Å². The number of hydrogen-bond donors (Lipinski definition) is 0. The molecule has 1 aromatic heterocycles. The largest absolute Gasteiger partial charge is 0.468 e. The number of esters is 1. The monoisotopic (exact) mass is 208 g/mol. The Morgan fingerprint density at radius 3 is 2.80 bits per heavy atom. The van der Waals surface area contributed by atoms with E-state index in [-0.39, 0.29) is 5.97 Å². The predicted octanol–water partition coefficient (Wildman–Crippen LogP) is 0.226. The fourth-order valence-corrected chi connectivity index (χ4v) is 1.52. The van der Waals surface area contributed by atoms with Crippen LogP contribution in [0.5, 0.6) is 0 Å². The quantitative estimate of drug-likeness (QED) is 0.651. The molecule has 0 spiro atoms. The van der Waals surface area contributed by atoms with Crippen molar-refractivity contribution in [1.29, 1.82) is 0 Å². The number of carbonyl (C=O) groups is 1. The fourth-order valence-electron chi connectivity index (χ4n) is 1.52. The molecule has 0 amide bonds. The summed E-state index contributed by atoms with van der Waals surface area (Å²) in [5, 5.41) is 0. The highest BCUT2D eigenvalue weighted by Crippen LogP contribution is 2.31. The van der Waals surface area contributed by atoms with Crippen molar-refractivity contribution < 1.29 is 14.3 Å². The second-order valence-corrected chi connectivity index (χ2v) is 3.59. The molecule has 80 valence electrons. The summed E-state index contributed by atoms with van der Waals surface area (Å²) >= 11 is 0. The molecule has 5 heteroatoms. The first-order valence-corrected chi connectivity index (χ1v) is 4.65. The topological polar surface area (TPSA) is 61.3 Å². The van der Waals surface area contributed by atoms with Crippen LogP contribution >= 0.6 is 0 Å². The molecular weight excluding hydrogens is 196 g/mol. The SMILES string of the molecule is COC(=O)C1(c2nccc(C)n2)COC1. The minimum atomic E-state index is -0.791. The third-order valence-corrected chi connectivity index (χ3v) is 2.50. The third kappa shape index (κ3) is 1.48. The molecule has 0 bridgehead atoms. The van der Waals surface area contributed by atoms with Crippen molar-refractivity contribution in [3.05, 3.63) is 23.8 Å². The van der Waals surface area contributed by atoms with Gasteiger partial charge in [0.25, 0.3) is 0 Å². The van der Waals surface area contributed by atoms with E-state index in [1.165, 1.54) is 7.11 Å². The molecule has 2 heterocycles. The highest BCUT2D eigenvalue weighted by Gasteiger charge is 2.51. The molecule has 1 saturated heterocycles. The van der Waals surface area contributed by atoms with Crippen molar-refractivity contribution in [3.63, 3.8) is 0 Å². The van der Waals surface area contributed by atoms with Gasteiger partial charge in [-0.3, -0.25) is 4.79 Å². The van der Waals surface area contributed by atoms with Crippen LogP contribution in [0.1, 0.15) is 11.5 Å². The Morgan fingerprint density at radius 2 is 2.33 bits per heavy atom. The molecule has 15 heavy (non-hydrogen) atoms. The molecule has 0 unspecified atom stereocenters. The first kappa shape index (κ1) is 10.0. The summed E-state index contributed by atoms with van der Waals surface area (Å²) in [7, 11) is 1.36. The van der Waals surface area contributed by atoms with E-state index in [0.29, 0.717) is 19.0 Å². The molecule has 0 radical (unpaired) electrons. The van der Waals surface area contributed by atoms with Gasteiger partial charge in [-0.25, -0.2) is 9.97 Å². The van der Waals surface area contributed by atoms with E-state index in [1.807, 2.05) is 6.92 Å². The van der Waals surface area contributed by atoms with Gasteiger partial charge in [-0.05, 0) is 13.0 Å². The minimum Gasteiger partial charge on any atom is -0.468 e. The lowest BCUT2D eigenvalue weighted by molar-refractivity contribution is -0.167. The summed E-state index contributed by atoms with van der Waals surface area (Å²) in [4.78, 5) is 20.0. The second-order valence-electron chi connectivity index (χ2n) is 3.59. The first-order chi connectivity index (χ1) is 7.19. The zero-order valence-electron chi connectivity index (χ0n) is 8.69. The van der Waals surface area contributed by atoms with Gasteiger partial charge >= 0.3 is 5.97 Å². The van der Waals surface area contributed by atoms with E-state index in [9.17, 15) is 4.79 Å². The maximum Gasteiger partial charge on any atom is 0.324 e. The molecule has 0 N–H and O–H groups in total. The normalized spacial score (nSPS) is 18.0. The van der Waals surface area contributed by atoms with E-state index >= 15 is 0 Å². The van der Waals surface area contributed by atoms with Gasteiger partial charge in [0, 0.05) is 11.9 Å². The summed E-state index contributed by atoms with van der Waals surface area (Å²) in [5.41, 5.74) is 0.0380. The number of rotatable bonds is 2. The summed E-state index contributed by atoms with van der Waals surface area (Å²) in [6.07, 6.45) is 1.64. The van der Waals surface area contributed by atoms with Crippen molar-refractivity contribution in [2.24, 2.45) is 0 Å². The molecule has 0 atom stereocenters.